The van der Waals surface area contributed by atoms with Gasteiger partial charge < -0.3 is 24.4 Å². The number of imide groups is 1. The maximum atomic E-state index is 13.2. The number of anilines is 2. The molecule has 0 aliphatic carbocycles. The summed E-state index contributed by atoms with van der Waals surface area (Å²) in [5.74, 6) is 0.176. The summed E-state index contributed by atoms with van der Waals surface area (Å²) in [6.07, 6.45) is 1.65. The maximum absolute atomic E-state index is 13.2. The Bertz CT molecular complexity index is 1800. The van der Waals surface area contributed by atoms with Gasteiger partial charge in [0.05, 0.1) is 28.3 Å². The van der Waals surface area contributed by atoms with E-state index in [-0.39, 0.29) is 11.4 Å². The van der Waals surface area contributed by atoms with Gasteiger partial charge in [0.2, 0.25) is 5.91 Å². The largest absolute Gasteiger partial charge is 0.490 e. The number of nitrogens with zero attached hydrogens (tertiary/aromatic N) is 2. The smallest absolute Gasteiger partial charge is 0.294 e. The van der Waals surface area contributed by atoms with Crippen molar-refractivity contribution in [3.8, 4) is 11.5 Å². The molecular formula is C35H32IN3O6S. The Morgan fingerprint density at radius 3 is 2.54 bits per heavy atom. The van der Waals surface area contributed by atoms with E-state index in [1.807, 2.05) is 61.5 Å². The molecule has 0 aromatic heterocycles. The number of hydrogen-bond acceptors (Lipinski definition) is 8. The second kappa shape index (κ2) is 14.6. The van der Waals surface area contributed by atoms with Gasteiger partial charge in [-0.2, -0.15) is 0 Å². The minimum atomic E-state index is -0.517. The van der Waals surface area contributed by atoms with Gasteiger partial charge in [-0.3, -0.25) is 19.3 Å². The monoisotopic (exact) mass is 749 g/mol. The molecule has 4 aromatic rings. The number of rotatable bonds is 10. The van der Waals surface area contributed by atoms with Crippen molar-refractivity contribution >= 4 is 79.6 Å². The molecule has 2 fully saturated rings. The Morgan fingerprint density at radius 2 is 1.76 bits per heavy atom. The van der Waals surface area contributed by atoms with Crippen LogP contribution >= 0.6 is 34.4 Å². The standard InChI is InChI=1S/C35H32IN3O6S/c1-2-44-30-19-23(18-29(36)33(30)45-22-25-8-5-7-24-6-3-4-9-28(24)25)20-31-34(41)39(35(42)46-31)21-32(40)37-26-10-12-27(13-11-26)38-14-16-43-17-15-38/h3-13,18-20H,2,14-17,21-22H2,1H3,(H,37,40)/b31-20+. The lowest BCUT2D eigenvalue weighted by Crippen LogP contribution is -2.36. The van der Waals surface area contributed by atoms with Crippen molar-refractivity contribution in [1.29, 1.82) is 0 Å². The van der Waals surface area contributed by atoms with Crippen LogP contribution in [0.2, 0.25) is 0 Å². The van der Waals surface area contributed by atoms with Crippen LogP contribution in [0.3, 0.4) is 0 Å². The first-order valence-electron chi connectivity index (χ1n) is 14.9. The average Bonchev–Trinajstić information content (AvgIpc) is 3.32. The fourth-order valence-electron chi connectivity index (χ4n) is 5.35. The van der Waals surface area contributed by atoms with E-state index < -0.39 is 17.1 Å². The SMILES string of the molecule is CCOc1cc(/C=C2/SC(=O)N(CC(=O)Nc3ccc(N4CCOCC4)cc3)C2=O)cc(I)c1OCc1cccc2ccccc12. The zero-order valence-electron chi connectivity index (χ0n) is 25.2. The molecule has 11 heteroatoms. The fraction of sp³-hybridized carbons (Fsp3) is 0.229. The number of carbonyl (C=O) groups is 3. The quantitative estimate of drug-likeness (QED) is 0.138. The summed E-state index contributed by atoms with van der Waals surface area (Å²) in [6.45, 7) is 5.29. The minimum Gasteiger partial charge on any atom is -0.490 e. The topological polar surface area (TPSA) is 97.4 Å². The van der Waals surface area contributed by atoms with E-state index in [9.17, 15) is 14.4 Å². The van der Waals surface area contributed by atoms with Gasteiger partial charge in [0, 0.05) is 24.5 Å². The summed E-state index contributed by atoms with van der Waals surface area (Å²) >= 11 is 3.00. The molecule has 2 saturated heterocycles. The van der Waals surface area contributed by atoms with E-state index in [1.165, 1.54) is 0 Å². The van der Waals surface area contributed by atoms with Gasteiger partial charge in [-0.05, 0) is 106 Å². The highest BCUT2D eigenvalue weighted by Crippen LogP contribution is 2.38. The van der Waals surface area contributed by atoms with Crippen molar-refractivity contribution in [3.63, 3.8) is 0 Å². The fourth-order valence-corrected chi connectivity index (χ4v) is 6.97. The summed E-state index contributed by atoms with van der Waals surface area (Å²) in [5.41, 5.74) is 3.37. The number of amides is 3. The molecule has 0 spiro atoms. The number of morpholine rings is 1. The Hall–Kier alpha value is -4.07. The summed E-state index contributed by atoms with van der Waals surface area (Å²) in [4.78, 5) is 42.2. The first-order chi connectivity index (χ1) is 22.4. The number of halogens is 1. The molecule has 0 unspecified atom stereocenters. The van der Waals surface area contributed by atoms with Crippen molar-refractivity contribution < 1.29 is 28.6 Å². The summed E-state index contributed by atoms with van der Waals surface area (Å²) in [5, 5.41) is 4.56. The molecule has 6 rings (SSSR count). The van der Waals surface area contributed by atoms with Crippen LogP contribution in [0.4, 0.5) is 16.2 Å². The number of carbonyl (C=O) groups excluding carboxylic acids is 3. The average molecular weight is 750 g/mol. The second-order valence-electron chi connectivity index (χ2n) is 10.7. The van der Waals surface area contributed by atoms with Crippen molar-refractivity contribution in [2.75, 3.05) is 49.7 Å². The van der Waals surface area contributed by atoms with Crippen LogP contribution in [0.25, 0.3) is 16.8 Å². The van der Waals surface area contributed by atoms with E-state index in [2.05, 4.69) is 51.0 Å². The van der Waals surface area contributed by atoms with Gasteiger partial charge in [0.1, 0.15) is 13.2 Å². The number of benzene rings is 4. The highest BCUT2D eigenvalue weighted by Gasteiger charge is 2.36. The van der Waals surface area contributed by atoms with Crippen molar-refractivity contribution in [3.05, 3.63) is 98.5 Å². The summed E-state index contributed by atoms with van der Waals surface area (Å²) in [7, 11) is 0. The van der Waals surface area contributed by atoms with Crippen LogP contribution in [-0.4, -0.2) is 61.4 Å². The number of hydrogen-bond donors (Lipinski definition) is 1. The minimum absolute atomic E-state index is 0.232. The lowest BCUT2D eigenvalue weighted by molar-refractivity contribution is -0.127. The van der Waals surface area contributed by atoms with E-state index in [0.717, 1.165) is 55.3 Å². The summed E-state index contributed by atoms with van der Waals surface area (Å²) < 4.78 is 18.4. The number of fused-ring (bicyclic) bond motifs is 1. The predicted octanol–water partition coefficient (Wildman–Crippen LogP) is 6.93. The first kappa shape index (κ1) is 31.9. The molecule has 236 valence electrons. The molecule has 46 heavy (non-hydrogen) atoms. The third-order valence-electron chi connectivity index (χ3n) is 7.58. The number of nitrogens with one attached hydrogen (secondary N) is 1. The molecule has 0 radical (unpaired) electrons. The van der Waals surface area contributed by atoms with Crippen molar-refractivity contribution in [2.24, 2.45) is 0 Å². The van der Waals surface area contributed by atoms with Crippen molar-refractivity contribution in [1.82, 2.24) is 4.90 Å². The van der Waals surface area contributed by atoms with Gasteiger partial charge in [0.25, 0.3) is 11.1 Å². The Morgan fingerprint density at radius 1 is 1.00 bits per heavy atom. The van der Waals surface area contributed by atoms with Crippen LogP contribution in [0.5, 0.6) is 11.5 Å². The molecule has 2 aliphatic heterocycles. The Labute approximate surface area is 285 Å². The molecule has 9 nitrogen and oxygen atoms in total. The molecule has 2 heterocycles. The van der Waals surface area contributed by atoms with E-state index in [4.69, 9.17) is 14.2 Å². The van der Waals surface area contributed by atoms with Crippen LogP contribution in [0.15, 0.2) is 83.8 Å². The Kier molecular flexibility index (Phi) is 10.1. The van der Waals surface area contributed by atoms with E-state index in [0.29, 0.717) is 49.2 Å². The molecule has 2 aliphatic rings. The van der Waals surface area contributed by atoms with E-state index in [1.54, 1.807) is 12.1 Å². The molecule has 0 bridgehead atoms. The highest BCUT2D eigenvalue weighted by atomic mass is 127. The van der Waals surface area contributed by atoms with Gasteiger partial charge >= 0.3 is 0 Å². The summed E-state index contributed by atoms with van der Waals surface area (Å²) in [6, 6.07) is 25.5. The van der Waals surface area contributed by atoms with Crippen molar-refractivity contribution in [2.45, 2.75) is 13.5 Å². The van der Waals surface area contributed by atoms with Gasteiger partial charge in [0.15, 0.2) is 11.5 Å². The second-order valence-corrected chi connectivity index (χ2v) is 12.8. The zero-order chi connectivity index (χ0) is 32.0. The highest BCUT2D eigenvalue weighted by molar-refractivity contribution is 14.1. The molecular weight excluding hydrogens is 717 g/mol. The zero-order valence-corrected chi connectivity index (χ0v) is 28.1. The molecule has 0 atom stereocenters. The van der Waals surface area contributed by atoms with Gasteiger partial charge in [-0.25, -0.2) is 0 Å². The number of ether oxygens (including phenoxy) is 3. The molecule has 3 amide bonds. The molecule has 1 N–H and O–H groups in total. The third kappa shape index (κ3) is 7.32. The normalized spacial score (nSPS) is 15.9. The van der Waals surface area contributed by atoms with Crippen LogP contribution in [0.1, 0.15) is 18.1 Å². The molecule has 4 aromatic carbocycles. The lowest BCUT2D eigenvalue weighted by Gasteiger charge is -2.28. The lowest BCUT2D eigenvalue weighted by atomic mass is 10.1. The third-order valence-corrected chi connectivity index (χ3v) is 9.29. The van der Waals surface area contributed by atoms with E-state index >= 15 is 0 Å². The number of thioether (sulfide) groups is 1. The maximum Gasteiger partial charge on any atom is 0.294 e. The van der Waals surface area contributed by atoms with Gasteiger partial charge in [-0.1, -0.05) is 42.5 Å². The van der Waals surface area contributed by atoms with Crippen LogP contribution in [0, 0.1) is 3.57 Å². The Balaban J connectivity index is 1.12. The van der Waals surface area contributed by atoms with Crippen LogP contribution < -0.4 is 19.7 Å². The van der Waals surface area contributed by atoms with Crippen LogP contribution in [-0.2, 0) is 20.9 Å². The predicted molar refractivity (Wildman–Crippen MR) is 189 cm³/mol. The molecule has 0 saturated carbocycles. The van der Waals surface area contributed by atoms with Gasteiger partial charge in [-0.15, -0.1) is 0 Å². The first-order valence-corrected chi connectivity index (χ1v) is 16.8.